The Bertz CT molecular complexity index is 746. The molecular formula is C23H29O4S. The first-order valence-corrected chi connectivity index (χ1v) is 10.1. The van der Waals surface area contributed by atoms with Gasteiger partial charge in [0, 0.05) is 16.7 Å². The topological polar surface area (TPSA) is 66.8 Å². The number of methoxy groups -OCH3 is 1. The monoisotopic (exact) mass is 401 g/mol. The fourth-order valence-corrected chi connectivity index (χ4v) is 3.99. The number of aliphatic hydroxyl groups is 1. The summed E-state index contributed by atoms with van der Waals surface area (Å²) in [7, 11) is 1.51. The quantitative estimate of drug-likeness (QED) is 0.333. The number of carboxylic acid groups (broad SMARTS) is 1. The molecule has 0 aliphatic rings. The molecule has 0 fully saturated rings. The van der Waals surface area contributed by atoms with Gasteiger partial charge in [0.25, 0.3) is 0 Å². The summed E-state index contributed by atoms with van der Waals surface area (Å²) in [6.45, 7) is 1.70. The fourth-order valence-electron chi connectivity index (χ4n) is 3.42. The van der Waals surface area contributed by atoms with E-state index in [4.69, 9.17) is 22.5 Å². The molecule has 1 radical (unpaired) electrons. The van der Waals surface area contributed by atoms with E-state index < -0.39 is 5.97 Å². The number of aliphatic hydroxyl groups excluding tert-OH is 1. The average molecular weight is 402 g/mol. The highest BCUT2D eigenvalue weighted by Crippen LogP contribution is 2.41. The standard InChI is InChI=1S/C23H29O4S/c1-16(24)19(12-8-4-7-11-17-9-5-3-6-10-17)22(28)20-14-13-18(23(25)26)15-21(20)27-2/h3,5-6,9-10,13-15,19,22,24,28H,4,7-8,11-12H2,1-2H3,(H,25,26). The minimum absolute atomic E-state index is 0.121. The Labute approximate surface area is 173 Å². The maximum absolute atomic E-state index is 11.2. The van der Waals surface area contributed by atoms with Crippen LogP contribution in [0.3, 0.4) is 0 Å². The average Bonchev–Trinajstić information content (AvgIpc) is 2.70. The molecule has 28 heavy (non-hydrogen) atoms. The molecule has 4 nitrogen and oxygen atoms in total. The van der Waals surface area contributed by atoms with Crippen molar-refractivity contribution in [2.24, 2.45) is 5.92 Å². The highest BCUT2D eigenvalue weighted by atomic mass is 32.1. The lowest BCUT2D eigenvalue weighted by Crippen LogP contribution is -2.16. The van der Waals surface area contributed by atoms with Gasteiger partial charge in [0.15, 0.2) is 0 Å². The first-order valence-electron chi connectivity index (χ1n) is 9.59. The van der Waals surface area contributed by atoms with E-state index in [1.165, 1.54) is 18.7 Å². The second-order valence-corrected chi connectivity index (χ2v) is 7.60. The zero-order chi connectivity index (χ0) is 20.5. The Morgan fingerprint density at radius 2 is 1.79 bits per heavy atom. The summed E-state index contributed by atoms with van der Waals surface area (Å²) in [5, 5.41) is 19.1. The van der Waals surface area contributed by atoms with Gasteiger partial charge < -0.3 is 14.9 Å². The minimum Gasteiger partial charge on any atom is -0.496 e. The zero-order valence-corrected chi connectivity index (χ0v) is 17.4. The molecule has 0 aliphatic carbocycles. The zero-order valence-electron chi connectivity index (χ0n) is 16.5. The molecule has 0 heterocycles. The molecule has 2 atom stereocenters. The van der Waals surface area contributed by atoms with Crippen LogP contribution in [-0.4, -0.2) is 23.3 Å². The van der Waals surface area contributed by atoms with Gasteiger partial charge in [-0.3, -0.25) is 0 Å². The first kappa shape index (κ1) is 22.3. The van der Waals surface area contributed by atoms with Crippen molar-refractivity contribution in [3.8, 4) is 5.75 Å². The Morgan fingerprint density at radius 3 is 2.39 bits per heavy atom. The summed E-state index contributed by atoms with van der Waals surface area (Å²) >= 11 is 4.74. The summed E-state index contributed by atoms with van der Waals surface area (Å²) in [6.07, 6.45) is 5.38. The lowest BCUT2D eigenvalue weighted by molar-refractivity contribution is 0.0696. The van der Waals surface area contributed by atoms with Crippen molar-refractivity contribution in [2.45, 2.75) is 44.3 Å². The van der Waals surface area contributed by atoms with Gasteiger partial charge in [-0.25, -0.2) is 4.79 Å². The smallest absolute Gasteiger partial charge is 0.335 e. The van der Waals surface area contributed by atoms with E-state index in [0.717, 1.165) is 37.7 Å². The van der Waals surface area contributed by atoms with Crippen molar-refractivity contribution in [1.29, 1.82) is 0 Å². The van der Waals surface area contributed by atoms with Gasteiger partial charge in [0.2, 0.25) is 0 Å². The Morgan fingerprint density at radius 1 is 1.07 bits per heavy atom. The van der Waals surface area contributed by atoms with Gasteiger partial charge in [-0.15, -0.1) is 0 Å². The van der Waals surface area contributed by atoms with Crippen LogP contribution < -0.4 is 4.74 Å². The largest absolute Gasteiger partial charge is 0.496 e. The number of aryl methyl sites for hydroxylation is 1. The van der Waals surface area contributed by atoms with Crippen molar-refractivity contribution in [1.82, 2.24) is 0 Å². The number of carboxylic acids is 1. The summed E-state index contributed by atoms with van der Waals surface area (Å²) in [6, 6.07) is 15.2. The van der Waals surface area contributed by atoms with Crippen molar-refractivity contribution in [2.75, 3.05) is 7.11 Å². The van der Waals surface area contributed by atoms with Crippen LogP contribution in [0.1, 0.15) is 59.3 Å². The van der Waals surface area contributed by atoms with Gasteiger partial charge in [0.05, 0.1) is 18.8 Å². The number of hydrogen-bond donors (Lipinski definition) is 3. The van der Waals surface area contributed by atoms with E-state index in [-0.39, 0.29) is 16.7 Å². The van der Waals surface area contributed by atoms with E-state index in [9.17, 15) is 9.90 Å². The van der Waals surface area contributed by atoms with Gasteiger partial charge in [-0.05, 0) is 43.9 Å². The van der Waals surface area contributed by atoms with Gasteiger partial charge in [0.1, 0.15) is 5.75 Å². The molecule has 0 saturated carbocycles. The molecule has 2 unspecified atom stereocenters. The number of thiol groups is 1. The van der Waals surface area contributed by atoms with Crippen LogP contribution in [0.15, 0.2) is 48.5 Å². The molecule has 5 heteroatoms. The molecule has 2 rings (SSSR count). The van der Waals surface area contributed by atoms with Crippen LogP contribution >= 0.6 is 12.6 Å². The normalized spacial score (nSPS) is 13.3. The lowest BCUT2D eigenvalue weighted by Gasteiger charge is -2.27. The van der Waals surface area contributed by atoms with Crippen molar-refractivity contribution in [3.63, 3.8) is 0 Å². The molecule has 0 aliphatic heterocycles. The van der Waals surface area contributed by atoms with E-state index >= 15 is 0 Å². The molecule has 0 spiro atoms. The molecular weight excluding hydrogens is 372 g/mol. The predicted octanol–water partition coefficient (Wildman–Crippen LogP) is 5.71. The van der Waals surface area contributed by atoms with Crippen LogP contribution in [0.2, 0.25) is 0 Å². The highest BCUT2D eigenvalue weighted by Gasteiger charge is 2.27. The molecule has 2 aromatic rings. The number of rotatable bonds is 11. The van der Waals surface area contributed by atoms with Crippen molar-refractivity contribution >= 4 is 18.6 Å². The third-order valence-corrected chi connectivity index (χ3v) is 5.68. The molecule has 2 aromatic carbocycles. The van der Waals surface area contributed by atoms with Crippen LogP contribution in [0.5, 0.6) is 5.75 Å². The molecule has 2 N–H and O–H groups in total. The number of aromatic carboxylic acids is 1. The van der Waals surface area contributed by atoms with Crippen LogP contribution in [0, 0.1) is 12.0 Å². The molecule has 0 aromatic heterocycles. The maximum atomic E-state index is 11.2. The van der Waals surface area contributed by atoms with E-state index in [1.54, 1.807) is 19.1 Å². The lowest BCUT2D eigenvalue weighted by atomic mass is 9.88. The minimum atomic E-state index is -1.000. The van der Waals surface area contributed by atoms with Crippen molar-refractivity contribution in [3.05, 3.63) is 71.3 Å². The molecule has 151 valence electrons. The summed E-state index contributed by atoms with van der Waals surface area (Å²) in [5.74, 6) is -0.639. The van der Waals surface area contributed by atoms with E-state index in [1.807, 2.05) is 6.07 Å². The van der Waals surface area contributed by atoms with Gasteiger partial charge in [-0.1, -0.05) is 49.2 Å². The second-order valence-electron chi connectivity index (χ2n) is 7.04. The Kier molecular flexibility index (Phi) is 8.87. The third kappa shape index (κ3) is 6.28. The fraction of sp³-hybridized carbons (Fsp3) is 0.391. The highest BCUT2D eigenvalue weighted by molar-refractivity contribution is 7.80. The summed E-state index contributed by atoms with van der Waals surface area (Å²) in [5.41, 5.74) is 2.31. The van der Waals surface area contributed by atoms with Gasteiger partial charge >= 0.3 is 5.97 Å². The summed E-state index contributed by atoms with van der Waals surface area (Å²) in [4.78, 5) is 11.2. The van der Waals surface area contributed by atoms with E-state index in [2.05, 4.69) is 24.3 Å². The SMILES string of the molecule is COc1cc(C(=O)O)ccc1C(S)C(CCCCCc1ccccc1)[C](C)O. The molecule has 0 amide bonds. The van der Waals surface area contributed by atoms with Crippen LogP contribution in [-0.2, 0) is 6.42 Å². The van der Waals surface area contributed by atoms with Crippen LogP contribution in [0.25, 0.3) is 0 Å². The third-order valence-electron chi connectivity index (χ3n) is 5.04. The number of unbranched alkanes of at least 4 members (excludes halogenated alkanes) is 2. The number of hydrogen-bond acceptors (Lipinski definition) is 4. The van der Waals surface area contributed by atoms with Crippen LogP contribution in [0.4, 0.5) is 0 Å². The molecule has 0 saturated heterocycles. The predicted molar refractivity (Wildman–Crippen MR) is 115 cm³/mol. The number of carbonyl (C=O) groups is 1. The Hall–Kier alpha value is -1.98. The summed E-state index contributed by atoms with van der Waals surface area (Å²) < 4.78 is 5.38. The Balaban J connectivity index is 1.96. The second kappa shape index (κ2) is 11.1. The molecule has 0 bridgehead atoms. The van der Waals surface area contributed by atoms with Gasteiger partial charge in [-0.2, -0.15) is 12.6 Å². The number of ether oxygens (including phenoxy) is 1. The van der Waals surface area contributed by atoms with E-state index in [0.29, 0.717) is 11.9 Å². The first-order chi connectivity index (χ1) is 13.4. The maximum Gasteiger partial charge on any atom is 0.335 e. The van der Waals surface area contributed by atoms with Crippen molar-refractivity contribution < 1.29 is 19.7 Å². The number of benzene rings is 2.